The summed E-state index contributed by atoms with van der Waals surface area (Å²) in [4.78, 5) is 14.8. The maximum Gasteiger partial charge on any atom is 0.340 e. The second-order valence-electron chi connectivity index (χ2n) is 8.50. The molecule has 0 radical (unpaired) electrons. The van der Waals surface area contributed by atoms with Crippen LogP contribution in [0.5, 0.6) is 0 Å². The quantitative estimate of drug-likeness (QED) is 0.665. The van der Waals surface area contributed by atoms with Gasteiger partial charge in [-0.25, -0.2) is 4.79 Å². The van der Waals surface area contributed by atoms with E-state index in [0.29, 0.717) is 18.2 Å². The third-order valence-corrected chi connectivity index (χ3v) is 5.67. The Hall–Kier alpha value is -2.49. The van der Waals surface area contributed by atoms with E-state index in [2.05, 4.69) is 57.0 Å². The van der Waals surface area contributed by atoms with Crippen molar-refractivity contribution in [1.29, 1.82) is 0 Å². The predicted octanol–water partition coefficient (Wildman–Crippen LogP) is 5.81. The van der Waals surface area contributed by atoms with Gasteiger partial charge in [-0.1, -0.05) is 26.0 Å². The van der Waals surface area contributed by atoms with Crippen LogP contribution in [0.1, 0.15) is 62.5 Å². The number of hydrogen-bond donors (Lipinski definition) is 1. The number of rotatable bonds is 5. The van der Waals surface area contributed by atoms with Crippen LogP contribution in [-0.4, -0.2) is 25.2 Å². The SMILES string of the molecule is CCOC(=O)c1ccccc1Nc1cc2c(cc1C)N(C(C)C)CCC2(C)C. The number of benzene rings is 2. The van der Waals surface area contributed by atoms with Crippen molar-refractivity contribution in [2.24, 2.45) is 0 Å². The van der Waals surface area contributed by atoms with Crippen molar-refractivity contribution < 1.29 is 9.53 Å². The zero-order valence-corrected chi connectivity index (χ0v) is 17.9. The average molecular weight is 381 g/mol. The summed E-state index contributed by atoms with van der Waals surface area (Å²) in [6.45, 7) is 14.5. The first-order valence-corrected chi connectivity index (χ1v) is 10.2. The van der Waals surface area contributed by atoms with Crippen molar-refractivity contribution in [3.63, 3.8) is 0 Å². The number of carbonyl (C=O) groups excluding carboxylic acids is 1. The van der Waals surface area contributed by atoms with Crippen LogP contribution in [-0.2, 0) is 10.2 Å². The molecule has 0 saturated carbocycles. The van der Waals surface area contributed by atoms with Gasteiger partial charge in [0.25, 0.3) is 0 Å². The second-order valence-corrected chi connectivity index (χ2v) is 8.50. The van der Waals surface area contributed by atoms with E-state index >= 15 is 0 Å². The summed E-state index contributed by atoms with van der Waals surface area (Å²) in [5, 5.41) is 3.49. The number of para-hydroxylation sites is 1. The molecule has 1 N–H and O–H groups in total. The number of nitrogens with zero attached hydrogens (tertiary/aromatic N) is 1. The summed E-state index contributed by atoms with van der Waals surface area (Å²) in [6.07, 6.45) is 1.13. The first kappa shape index (κ1) is 20.2. The van der Waals surface area contributed by atoms with Gasteiger partial charge in [0.15, 0.2) is 0 Å². The zero-order valence-electron chi connectivity index (χ0n) is 17.9. The molecule has 28 heavy (non-hydrogen) atoms. The van der Waals surface area contributed by atoms with E-state index in [1.807, 2.05) is 25.1 Å². The molecular weight excluding hydrogens is 348 g/mol. The minimum Gasteiger partial charge on any atom is -0.462 e. The fraction of sp³-hybridized carbons (Fsp3) is 0.458. The van der Waals surface area contributed by atoms with E-state index in [1.165, 1.54) is 16.8 Å². The third-order valence-electron chi connectivity index (χ3n) is 5.67. The molecule has 0 amide bonds. The normalized spacial score (nSPS) is 15.3. The van der Waals surface area contributed by atoms with Crippen molar-refractivity contribution in [3.05, 3.63) is 53.1 Å². The lowest BCUT2D eigenvalue weighted by atomic mass is 9.76. The van der Waals surface area contributed by atoms with Gasteiger partial charge >= 0.3 is 5.97 Å². The Kier molecular flexibility index (Phi) is 5.69. The molecule has 1 heterocycles. The van der Waals surface area contributed by atoms with Crippen molar-refractivity contribution >= 4 is 23.0 Å². The summed E-state index contributed by atoms with van der Waals surface area (Å²) in [5.74, 6) is -0.299. The molecule has 3 rings (SSSR count). The molecule has 0 aliphatic carbocycles. The average Bonchev–Trinajstić information content (AvgIpc) is 2.63. The minimum absolute atomic E-state index is 0.117. The highest BCUT2D eigenvalue weighted by Gasteiger charge is 2.33. The lowest BCUT2D eigenvalue weighted by Gasteiger charge is -2.43. The number of ether oxygens (including phenoxy) is 1. The van der Waals surface area contributed by atoms with Crippen molar-refractivity contribution in [1.82, 2.24) is 0 Å². The van der Waals surface area contributed by atoms with Gasteiger partial charge in [0, 0.05) is 24.0 Å². The van der Waals surface area contributed by atoms with E-state index in [0.717, 1.165) is 24.3 Å². The van der Waals surface area contributed by atoms with Crippen molar-refractivity contribution in [2.45, 2.75) is 59.4 Å². The highest BCUT2D eigenvalue weighted by Crippen LogP contribution is 2.43. The third kappa shape index (κ3) is 3.87. The van der Waals surface area contributed by atoms with E-state index in [9.17, 15) is 4.79 Å². The van der Waals surface area contributed by atoms with Gasteiger partial charge in [0.2, 0.25) is 0 Å². The van der Waals surface area contributed by atoms with Crippen LogP contribution in [0.3, 0.4) is 0 Å². The molecular formula is C24H32N2O2. The summed E-state index contributed by atoms with van der Waals surface area (Å²) in [5.41, 5.74) is 6.34. The van der Waals surface area contributed by atoms with Gasteiger partial charge in [-0.2, -0.15) is 0 Å². The molecule has 0 fully saturated rings. The fourth-order valence-corrected chi connectivity index (χ4v) is 3.92. The van der Waals surface area contributed by atoms with Crippen LogP contribution < -0.4 is 10.2 Å². The molecule has 4 nitrogen and oxygen atoms in total. The van der Waals surface area contributed by atoms with E-state index in [4.69, 9.17) is 4.74 Å². The Bertz CT molecular complexity index is 871. The van der Waals surface area contributed by atoms with Gasteiger partial charge in [-0.15, -0.1) is 0 Å². The molecule has 0 aromatic heterocycles. The second kappa shape index (κ2) is 7.86. The molecule has 1 aliphatic rings. The predicted molar refractivity (Wildman–Crippen MR) is 117 cm³/mol. The molecule has 1 aliphatic heterocycles. The monoisotopic (exact) mass is 380 g/mol. The number of aryl methyl sites for hydroxylation is 1. The van der Waals surface area contributed by atoms with Gasteiger partial charge < -0.3 is 15.0 Å². The van der Waals surface area contributed by atoms with Gasteiger partial charge in [-0.05, 0) is 74.9 Å². The van der Waals surface area contributed by atoms with Crippen LogP contribution >= 0.6 is 0 Å². The van der Waals surface area contributed by atoms with Gasteiger partial charge in [0.05, 0.1) is 17.9 Å². The van der Waals surface area contributed by atoms with E-state index in [1.54, 1.807) is 6.07 Å². The molecule has 0 unspecified atom stereocenters. The number of hydrogen-bond acceptors (Lipinski definition) is 4. The molecule has 0 spiro atoms. The number of anilines is 3. The molecule has 150 valence electrons. The summed E-state index contributed by atoms with van der Waals surface area (Å²) < 4.78 is 5.21. The smallest absolute Gasteiger partial charge is 0.340 e. The Morgan fingerprint density at radius 1 is 1.21 bits per heavy atom. The number of esters is 1. The van der Waals surface area contributed by atoms with Crippen LogP contribution in [0, 0.1) is 6.92 Å². The Labute approximate surface area is 168 Å². The summed E-state index contributed by atoms with van der Waals surface area (Å²) in [7, 11) is 0. The first-order chi connectivity index (χ1) is 13.2. The molecule has 2 aromatic rings. The van der Waals surface area contributed by atoms with Crippen LogP contribution in [0.2, 0.25) is 0 Å². The van der Waals surface area contributed by atoms with Gasteiger partial charge in [-0.3, -0.25) is 0 Å². The Morgan fingerprint density at radius 3 is 2.61 bits per heavy atom. The lowest BCUT2D eigenvalue weighted by molar-refractivity contribution is 0.0527. The van der Waals surface area contributed by atoms with Crippen LogP contribution in [0.25, 0.3) is 0 Å². The van der Waals surface area contributed by atoms with Crippen molar-refractivity contribution in [3.8, 4) is 0 Å². The largest absolute Gasteiger partial charge is 0.462 e. The first-order valence-electron chi connectivity index (χ1n) is 10.2. The molecule has 2 aromatic carbocycles. The highest BCUT2D eigenvalue weighted by molar-refractivity contribution is 5.96. The Morgan fingerprint density at radius 2 is 1.93 bits per heavy atom. The fourth-order valence-electron chi connectivity index (χ4n) is 3.92. The minimum atomic E-state index is -0.299. The lowest BCUT2D eigenvalue weighted by Crippen LogP contribution is -2.41. The summed E-state index contributed by atoms with van der Waals surface area (Å²) >= 11 is 0. The van der Waals surface area contributed by atoms with Crippen LogP contribution in [0.15, 0.2) is 36.4 Å². The maximum atomic E-state index is 12.3. The number of fused-ring (bicyclic) bond motifs is 1. The number of nitrogens with one attached hydrogen (secondary N) is 1. The molecule has 0 atom stereocenters. The number of carbonyl (C=O) groups is 1. The van der Waals surface area contributed by atoms with Crippen LogP contribution in [0.4, 0.5) is 17.1 Å². The summed E-state index contributed by atoms with van der Waals surface area (Å²) in [6, 6.07) is 12.5. The maximum absolute atomic E-state index is 12.3. The standard InChI is InChI=1S/C24H32N2O2/c1-7-28-23(27)18-10-8-9-11-20(18)25-21-15-19-22(14-17(21)4)26(16(2)3)13-12-24(19,5)6/h8-11,14-16,25H,7,12-13H2,1-6H3. The van der Waals surface area contributed by atoms with E-state index < -0.39 is 0 Å². The van der Waals surface area contributed by atoms with Crippen molar-refractivity contribution in [2.75, 3.05) is 23.4 Å². The topological polar surface area (TPSA) is 41.6 Å². The van der Waals surface area contributed by atoms with Gasteiger partial charge in [0.1, 0.15) is 0 Å². The molecule has 0 bridgehead atoms. The Balaban J connectivity index is 2.03. The molecule has 4 heteroatoms. The zero-order chi connectivity index (χ0) is 20.5. The molecule has 0 saturated heterocycles. The highest BCUT2D eigenvalue weighted by atomic mass is 16.5. The van der Waals surface area contributed by atoms with E-state index in [-0.39, 0.29) is 11.4 Å².